The fraction of sp³-hybridized carbons (Fsp3) is 0.409. The highest BCUT2D eigenvalue weighted by molar-refractivity contribution is 6.15. The van der Waals surface area contributed by atoms with Crippen molar-refractivity contribution in [3.8, 4) is 23.0 Å². The number of rotatable bonds is 2. The quantitative estimate of drug-likeness (QED) is 0.711. The normalized spacial score (nSPS) is 24.4. The third-order valence-corrected chi connectivity index (χ3v) is 5.66. The predicted octanol–water partition coefficient (Wildman–Crippen LogP) is 3.14. The number of ether oxygens (including phenoxy) is 3. The highest BCUT2D eigenvalue weighted by atomic mass is 16.7. The van der Waals surface area contributed by atoms with E-state index >= 15 is 0 Å². The summed E-state index contributed by atoms with van der Waals surface area (Å²) in [6, 6.07) is 5.96. The van der Waals surface area contributed by atoms with E-state index in [1.165, 1.54) is 12.1 Å². The van der Waals surface area contributed by atoms with Gasteiger partial charge in [-0.05, 0) is 44.5 Å². The number of phenols is 2. The van der Waals surface area contributed by atoms with Crippen LogP contribution in [0.25, 0.3) is 0 Å². The molecule has 2 aliphatic heterocycles. The molecule has 7 heteroatoms. The minimum absolute atomic E-state index is 0.0397. The van der Waals surface area contributed by atoms with Gasteiger partial charge < -0.3 is 29.5 Å². The van der Waals surface area contributed by atoms with Crippen molar-refractivity contribution in [3.63, 3.8) is 0 Å². The first-order chi connectivity index (χ1) is 13.6. The van der Waals surface area contributed by atoms with Crippen LogP contribution in [0.15, 0.2) is 24.3 Å². The summed E-state index contributed by atoms with van der Waals surface area (Å²) < 4.78 is 18.8. The van der Waals surface area contributed by atoms with Crippen molar-refractivity contribution in [1.82, 2.24) is 0 Å². The molecule has 0 saturated carbocycles. The van der Waals surface area contributed by atoms with E-state index in [4.69, 9.17) is 14.2 Å². The molecule has 29 heavy (non-hydrogen) atoms. The van der Waals surface area contributed by atoms with Gasteiger partial charge in [0.1, 0.15) is 40.3 Å². The summed E-state index contributed by atoms with van der Waals surface area (Å²) in [5, 5.41) is 31.1. The summed E-state index contributed by atoms with van der Waals surface area (Å²) in [5.41, 5.74) is -0.171. The maximum atomic E-state index is 13.4. The zero-order valence-corrected chi connectivity index (χ0v) is 16.8. The van der Waals surface area contributed by atoms with E-state index in [1.807, 2.05) is 6.92 Å². The van der Waals surface area contributed by atoms with Crippen molar-refractivity contribution in [2.75, 3.05) is 6.61 Å². The number of fused-ring (bicyclic) bond motifs is 1. The molecule has 0 unspecified atom stereocenters. The lowest BCUT2D eigenvalue weighted by molar-refractivity contribution is -0.247. The maximum Gasteiger partial charge on any atom is 0.242 e. The third-order valence-electron chi connectivity index (χ3n) is 5.66. The summed E-state index contributed by atoms with van der Waals surface area (Å²) in [4.78, 5) is 13.4. The second-order valence-electron chi connectivity index (χ2n) is 7.97. The molecule has 2 heterocycles. The minimum Gasteiger partial charge on any atom is -0.507 e. The number of aryl methyl sites for hydroxylation is 1. The van der Waals surface area contributed by atoms with Crippen LogP contribution in [0.2, 0.25) is 0 Å². The van der Waals surface area contributed by atoms with E-state index < -0.39 is 23.3 Å². The molecule has 0 spiro atoms. The fourth-order valence-corrected chi connectivity index (χ4v) is 4.07. The summed E-state index contributed by atoms with van der Waals surface area (Å²) in [6.07, 6.45) is -0.521. The smallest absolute Gasteiger partial charge is 0.242 e. The Morgan fingerprint density at radius 1 is 1.10 bits per heavy atom. The monoisotopic (exact) mass is 400 g/mol. The Bertz CT molecular complexity index is 1010. The average Bonchev–Trinajstić information content (AvgIpc) is 2.83. The molecule has 2 aliphatic rings. The molecule has 0 saturated heterocycles. The molecular formula is C22H24O7. The molecule has 3 N–H and O–H groups in total. The van der Waals surface area contributed by atoms with Gasteiger partial charge in [-0.3, -0.25) is 4.79 Å². The van der Waals surface area contributed by atoms with E-state index in [0.29, 0.717) is 11.3 Å². The second-order valence-corrected chi connectivity index (χ2v) is 7.97. The van der Waals surface area contributed by atoms with Crippen LogP contribution < -0.4 is 9.47 Å². The van der Waals surface area contributed by atoms with Crippen LogP contribution in [-0.2, 0) is 10.5 Å². The van der Waals surface area contributed by atoms with Crippen LogP contribution in [-0.4, -0.2) is 39.4 Å². The second kappa shape index (κ2) is 6.37. The Kier molecular flexibility index (Phi) is 4.29. The predicted molar refractivity (Wildman–Crippen MR) is 104 cm³/mol. The molecule has 7 nitrogen and oxygen atoms in total. The Morgan fingerprint density at radius 2 is 1.83 bits per heavy atom. The molecule has 154 valence electrons. The molecule has 0 aliphatic carbocycles. The van der Waals surface area contributed by atoms with Crippen LogP contribution in [0.5, 0.6) is 23.0 Å². The summed E-state index contributed by atoms with van der Waals surface area (Å²) in [7, 11) is 0. The van der Waals surface area contributed by atoms with E-state index in [2.05, 4.69) is 0 Å². The van der Waals surface area contributed by atoms with Gasteiger partial charge in [0.15, 0.2) is 0 Å². The van der Waals surface area contributed by atoms with E-state index in [1.54, 1.807) is 32.9 Å². The van der Waals surface area contributed by atoms with Gasteiger partial charge in [0.05, 0.1) is 17.7 Å². The lowest BCUT2D eigenvalue weighted by Gasteiger charge is -2.37. The van der Waals surface area contributed by atoms with Crippen LogP contribution in [0, 0.1) is 6.92 Å². The number of phenolic OH excluding ortho intramolecular Hbond substituents is 2. The Labute approximate surface area is 168 Å². The van der Waals surface area contributed by atoms with E-state index in [9.17, 15) is 20.1 Å². The van der Waals surface area contributed by atoms with Crippen molar-refractivity contribution >= 4 is 5.78 Å². The van der Waals surface area contributed by atoms with Crippen LogP contribution in [0.1, 0.15) is 54.2 Å². The van der Waals surface area contributed by atoms with E-state index in [0.717, 1.165) is 0 Å². The third kappa shape index (κ3) is 2.68. The van der Waals surface area contributed by atoms with Crippen LogP contribution in [0.4, 0.5) is 0 Å². The van der Waals surface area contributed by atoms with Gasteiger partial charge in [-0.25, -0.2) is 0 Å². The number of benzene rings is 2. The van der Waals surface area contributed by atoms with Gasteiger partial charge in [-0.2, -0.15) is 0 Å². The van der Waals surface area contributed by atoms with Gasteiger partial charge in [0, 0.05) is 6.42 Å². The summed E-state index contributed by atoms with van der Waals surface area (Å²) in [6.45, 7) is 6.79. The van der Waals surface area contributed by atoms with Crippen molar-refractivity contribution in [1.29, 1.82) is 0 Å². The number of ketones is 1. The zero-order chi connectivity index (χ0) is 21.1. The molecular weight excluding hydrogens is 376 g/mol. The summed E-state index contributed by atoms with van der Waals surface area (Å²) in [5.74, 6) is -2.12. The molecule has 2 atom stereocenters. The molecule has 0 radical (unpaired) electrons. The highest BCUT2D eigenvalue weighted by Gasteiger charge is 2.53. The van der Waals surface area contributed by atoms with Crippen molar-refractivity contribution in [3.05, 3.63) is 46.5 Å². The van der Waals surface area contributed by atoms with Crippen LogP contribution >= 0.6 is 0 Å². The molecule has 4 rings (SSSR count). The lowest BCUT2D eigenvalue weighted by Crippen LogP contribution is -2.49. The molecule has 2 aromatic rings. The number of aliphatic hydroxyl groups excluding tert-OH is 1. The topological polar surface area (TPSA) is 105 Å². The standard InChI is InChI=1S/C22H24O7/c1-5-22-18-17(19(26)16-12(24)7-6-8-14(16)27-22)13(25)9-11(2)20(18)29-21(3,4)15(10-23)28-22/h6-9,15,23-25H,5,10H2,1-4H3/t15-,22+/m0/s1. The van der Waals surface area contributed by atoms with Crippen LogP contribution in [0.3, 0.4) is 0 Å². The Hall–Kier alpha value is -2.77. The number of carbonyl (C=O) groups is 1. The SMILES string of the molecule is CC[C@]12Oc3cccc(O)c3C(=O)c3c(O)cc(C)c(c31)OC(C)(C)[C@H](CO)O2. The van der Waals surface area contributed by atoms with E-state index in [-0.39, 0.29) is 47.0 Å². The first-order valence-corrected chi connectivity index (χ1v) is 9.55. The Morgan fingerprint density at radius 3 is 2.48 bits per heavy atom. The molecule has 0 fully saturated rings. The lowest BCUT2D eigenvalue weighted by atomic mass is 9.89. The number of aliphatic hydroxyl groups is 1. The molecule has 0 aromatic heterocycles. The summed E-state index contributed by atoms with van der Waals surface area (Å²) >= 11 is 0. The fourth-order valence-electron chi connectivity index (χ4n) is 4.07. The van der Waals surface area contributed by atoms with Crippen molar-refractivity contribution < 1.29 is 34.3 Å². The minimum atomic E-state index is -1.51. The van der Waals surface area contributed by atoms with Gasteiger partial charge in [-0.1, -0.05) is 13.0 Å². The number of hydrogen-bond acceptors (Lipinski definition) is 7. The number of aromatic hydroxyl groups is 2. The largest absolute Gasteiger partial charge is 0.507 e. The Balaban J connectivity index is 2.14. The molecule has 0 bridgehead atoms. The van der Waals surface area contributed by atoms with Gasteiger partial charge >= 0.3 is 0 Å². The highest BCUT2D eigenvalue weighted by Crippen LogP contribution is 2.53. The molecule has 2 aromatic carbocycles. The maximum absolute atomic E-state index is 13.4. The van der Waals surface area contributed by atoms with Gasteiger partial charge in [0.25, 0.3) is 0 Å². The van der Waals surface area contributed by atoms with Gasteiger partial charge in [0.2, 0.25) is 11.6 Å². The number of carbonyl (C=O) groups excluding carboxylic acids is 1. The number of hydrogen-bond donors (Lipinski definition) is 3. The van der Waals surface area contributed by atoms with Crippen molar-refractivity contribution in [2.45, 2.75) is 51.6 Å². The first kappa shape index (κ1) is 19.5. The first-order valence-electron chi connectivity index (χ1n) is 9.55. The zero-order valence-electron chi connectivity index (χ0n) is 16.8. The average molecular weight is 400 g/mol. The molecule has 0 amide bonds. The van der Waals surface area contributed by atoms with Crippen molar-refractivity contribution in [2.24, 2.45) is 0 Å². The van der Waals surface area contributed by atoms with Gasteiger partial charge in [-0.15, -0.1) is 0 Å².